The van der Waals surface area contributed by atoms with E-state index in [0.29, 0.717) is 28.8 Å². The Morgan fingerprint density at radius 2 is 2.07 bits per heavy atom. The zero-order valence-corrected chi connectivity index (χ0v) is 18.8. The molecule has 0 aliphatic heterocycles. The van der Waals surface area contributed by atoms with Gasteiger partial charge in [0.1, 0.15) is 11.4 Å². The van der Waals surface area contributed by atoms with Crippen LogP contribution in [0.1, 0.15) is 39.8 Å². The molecule has 0 bridgehead atoms. The van der Waals surface area contributed by atoms with Crippen LogP contribution in [-0.4, -0.2) is 42.1 Å². The fourth-order valence-electron chi connectivity index (χ4n) is 2.91. The zero-order chi connectivity index (χ0) is 21.3. The summed E-state index contributed by atoms with van der Waals surface area (Å²) in [4.78, 5) is 16.7. The van der Waals surface area contributed by atoms with Crippen LogP contribution in [0, 0.1) is 0 Å². The van der Waals surface area contributed by atoms with Gasteiger partial charge in [-0.3, -0.25) is 4.68 Å². The predicted octanol–water partition coefficient (Wildman–Crippen LogP) is 3.32. The number of nitrogens with two attached hydrogens (primary N) is 1. The number of nitrogens with zero attached hydrogens (tertiary/aromatic N) is 5. The molecule has 0 saturated carbocycles. The highest BCUT2D eigenvalue weighted by molar-refractivity contribution is 9.10. The number of halogens is 1. The average molecular weight is 464 g/mol. The third kappa shape index (κ3) is 4.87. The lowest BCUT2D eigenvalue weighted by atomic mass is 10.1. The third-order valence-electron chi connectivity index (χ3n) is 4.28. The van der Waals surface area contributed by atoms with Gasteiger partial charge < -0.3 is 15.8 Å². The van der Waals surface area contributed by atoms with E-state index in [1.54, 1.807) is 21.6 Å². The van der Waals surface area contributed by atoms with Crippen LogP contribution < -0.4 is 11.1 Å². The summed E-state index contributed by atoms with van der Waals surface area (Å²) in [6.07, 6.45) is 6.28. The zero-order valence-electron chi connectivity index (χ0n) is 17.2. The van der Waals surface area contributed by atoms with Gasteiger partial charge in [-0.25, -0.2) is 9.78 Å². The summed E-state index contributed by atoms with van der Waals surface area (Å²) in [5.74, 6) is 0.480. The number of nitrogens with one attached hydrogen (secondary N) is 1. The molecule has 1 unspecified atom stereocenters. The van der Waals surface area contributed by atoms with E-state index in [0.717, 1.165) is 16.8 Å². The second-order valence-electron chi connectivity index (χ2n) is 8.04. The van der Waals surface area contributed by atoms with Gasteiger partial charge in [-0.1, -0.05) is 0 Å². The topological polar surface area (TPSA) is 112 Å². The van der Waals surface area contributed by atoms with Crippen molar-refractivity contribution in [2.45, 2.75) is 52.2 Å². The number of aromatic nitrogens is 5. The number of hydrogen-bond acceptors (Lipinski definition) is 6. The molecule has 29 heavy (non-hydrogen) atoms. The quantitative estimate of drug-likeness (QED) is 0.599. The summed E-state index contributed by atoms with van der Waals surface area (Å²) in [5, 5.41) is 11.4. The molecule has 10 heteroatoms. The number of hydrogen-bond donors (Lipinski definition) is 2. The van der Waals surface area contributed by atoms with Gasteiger partial charge in [-0.05, 0) is 56.5 Å². The Morgan fingerprint density at radius 1 is 1.34 bits per heavy atom. The first-order valence-electron chi connectivity index (χ1n) is 9.35. The van der Waals surface area contributed by atoms with E-state index in [9.17, 15) is 4.79 Å². The molecule has 0 radical (unpaired) electrons. The summed E-state index contributed by atoms with van der Waals surface area (Å²) < 4.78 is 9.34. The number of amides is 1. The van der Waals surface area contributed by atoms with Crippen molar-refractivity contribution in [1.29, 1.82) is 0 Å². The van der Waals surface area contributed by atoms with Crippen LogP contribution in [0.3, 0.4) is 0 Å². The normalized spacial score (nSPS) is 12.9. The number of alkyl carbamates (subject to hydrolysis) is 1. The second-order valence-corrected chi connectivity index (χ2v) is 8.83. The Balaban J connectivity index is 1.79. The van der Waals surface area contributed by atoms with Crippen molar-refractivity contribution in [3.05, 3.63) is 28.8 Å². The highest BCUT2D eigenvalue weighted by Crippen LogP contribution is 2.30. The minimum absolute atomic E-state index is 0.0845. The molecule has 0 aliphatic rings. The van der Waals surface area contributed by atoms with Gasteiger partial charge in [0.25, 0.3) is 0 Å². The number of nitrogen functional groups attached to an aromatic ring is 1. The molecule has 0 aliphatic carbocycles. The molecule has 9 nitrogen and oxygen atoms in total. The molecule has 3 aromatic heterocycles. The van der Waals surface area contributed by atoms with Crippen LogP contribution in [0.15, 0.2) is 23.1 Å². The Labute approximate surface area is 177 Å². The molecule has 0 saturated heterocycles. The van der Waals surface area contributed by atoms with Crippen molar-refractivity contribution in [1.82, 2.24) is 29.7 Å². The maximum absolute atomic E-state index is 11.9. The number of ether oxygens (including phenoxy) is 1. The first-order valence-corrected chi connectivity index (χ1v) is 10.1. The fraction of sp³-hybridized carbons (Fsp3) is 0.474. The number of aryl methyl sites for hydroxylation is 2. The van der Waals surface area contributed by atoms with Crippen molar-refractivity contribution in [3.63, 3.8) is 0 Å². The summed E-state index contributed by atoms with van der Waals surface area (Å²) >= 11 is 3.53. The highest BCUT2D eigenvalue weighted by atomic mass is 79.9. The fourth-order valence-corrected chi connectivity index (χ4v) is 3.36. The van der Waals surface area contributed by atoms with E-state index < -0.39 is 11.7 Å². The van der Waals surface area contributed by atoms with Crippen molar-refractivity contribution < 1.29 is 9.53 Å². The smallest absolute Gasteiger partial charge is 0.407 e. The number of carbonyl (C=O) groups is 1. The minimum atomic E-state index is -0.529. The van der Waals surface area contributed by atoms with Crippen molar-refractivity contribution in [3.8, 4) is 11.1 Å². The van der Waals surface area contributed by atoms with Crippen LogP contribution in [0.2, 0.25) is 0 Å². The molecular formula is C19H26BrN7O2. The standard InChI is InChI=1S/C19H26BrN7O2/c1-11(24-18(28)29-19(2,3)4)6-7-14-15(20)16(21)27-17(25-14)13(9-23-27)12-8-22-26(5)10-12/h8-11H,6-7,21H2,1-5H3,(H,24,28). The van der Waals surface area contributed by atoms with Crippen LogP contribution in [-0.2, 0) is 18.2 Å². The summed E-state index contributed by atoms with van der Waals surface area (Å²) in [6.45, 7) is 7.44. The maximum Gasteiger partial charge on any atom is 0.407 e. The van der Waals surface area contributed by atoms with Gasteiger partial charge in [-0.2, -0.15) is 14.7 Å². The Kier molecular flexibility index (Phi) is 5.83. The van der Waals surface area contributed by atoms with Gasteiger partial charge in [-0.15, -0.1) is 0 Å². The minimum Gasteiger partial charge on any atom is -0.444 e. The monoisotopic (exact) mass is 463 g/mol. The lowest BCUT2D eigenvalue weighted by Gasteiger charge is -2.22. The predicted molar refractivity (Wildman–Crippen MR) is 114 cm³/mol. The van der Waals surface area contributed by atoms with E-state index in [-0.39, 0.29) is 6.04 Å². The first kappa shape index (κ1) is 21.1. The SMILES string of the molecule is CC(CCc1nc2c(-c3cnn(C)c3)cnn2c(N)c1Br)NC(=O)OC(C)(C)C. The van der Waals surface area contributed by atoms with Gasteiger partial charge >= 0.3 is 6.09 Å². The van der Waals surface area contributed by atoms with Crippen LogP contribution in [0.25, 0.3) is 16.8 Å². The molecule has 3 rings (SSSR count). The highest BCUT2D eigenvalue weighted by Gasteiger charge is 2.20. The van der Waals surface area contributed by atoms with Gasteiger partial charge in [0.15, 0.2) is 5.65 Å². The second kappa shape index (κ2) is 8.02. The lowest BCUT2D eigenvalue weighted by Crippen LogP contribution is -2.37. The molecule has 1 amide bonds. The van der Waals surface area contributed by atoms with Gasteiger partial charge in [0.2, 0.25) is 0 Å². The van der Waals surface area contributed by atoms with E-state index in [1.165, 1.54) is 0 Å². The Hall–Kier alpha value is -2.62. The van der Waals surface area contributed by atoms with Crippen LogP contribution >= 0.6 is 15.9 Å². The summed E-state index contributed by atoms with van der Waals surface area (Å²) in [7, 11) is 1.86. The van der Waals surface area contributed by atoms with E-state index in [4.69, 9.17) is 15.5 Å². The number of anilines is 1. The molecular weight excluding hydrogens is 438 g/mol. The molecule has 0 aromatic carbocycles. The van der Waals surface area contributed by atoms with Crippen LogP contribution in [0.5, 0.6) is 0 Å². The molecule has 3 N–H and O–H groups in total. The van der Waals surface area contributed by atoms with Crippen LogP contribution in [0.4, 0.5) is 10.6 Å². The van der Waals surface area contributed by atoms with E-state index >= 15 is 0 Å². The van der Waals surface area contributed by atoms with Gasteiger partial charge in [0, 0.05) is 30.4 Å². The lowest BCUT2D eigenvalue weighted by molar-refractivity contribution is 0.0506. The van der Waals surface area contributed by atoms with E-state index in [1.807, 2.05) is 40.9 Å². The first-order chi connectivity index (χ1) is 13.5. The van der Waals surface area contributed by atoms with Crippen molar-refractivity contribution >= 4 is 33.5 Å². The average Bonchev–Trinajstić information content (AvgIpc) is 3.21. The molecule has 0 spiro atoms. The Bertz CT molecular complexity index is 1040. The molecule has 0 fully saturated rings. The number of fused-ring (bicyclic) bond motifs is 1. The molecule has 3 aromatic rings. The summed E-state index contributed by atoms with van der Waals surface area (Å²) in [6, 6.07) is -0.0845. The number of carbonyl (C=O) groups excluding carboxylic acids is 1. The van der Waals surface area contributed by atoms with Crippen molar-refractivity contribution in [2.24, 2.45) is 7.05 Å². The molecule has 156 valence electrons. The summed E-state index contributed by atoms with van der Waals surface area (Å²) in [5.41, 5.74) is 9.00. The largest absolute Gasteiger partial charge is 0.444 e. The van der Waals surface area contributed by atoms with E-state index in [2.05, 4.69) is 31.4 Å². The van der Waals surface area contributed by atoms with Gasteiger partial charge in [0.05, 0.1) is 22.6 Å². The number of rotatable bonds is 5. The Morgan fingerprint density at radius 3 is 2.69 bits per heavy atom. The maximum atomic E-state index is 11.9. The van der Waals surface area contributed by atoms with Crippen molar-refractivity contribution in [2.75, 3.05) is 5.73 Å². The third-order valence-corrected chi connectivity index (χ3v) is 5.15. The molecule has 3 heterocycles. The molecule has 1 atom stereocenters.